The van der Waals surface area contributed by atoms with E-state index < -0.39 is 0 Å². The predicted molar refractivity (Wildman–Crippen MR) is 71.1 cm³/mol. The van der Waals surface area contributed by atoms with Crippen LogP contribution < -0.4 is 5.32 Å². The van der Waals surface area contributed by atoms with Gasteiger partial charge in [-0.2, -0.15) is 0 Å². The third kappa shape index (κ3) is 2.88. The van der Waals surface area contributed by atoms with Gasteiger partial charge in [-0.15, -0.1) is 11.3 Å². The van der Waals surface area contributed by atoms with Crippen molar-refractivity contribution >= 4 is 39.7 Å². The minimum Gasteiger partial charge on any atom is -0.364 e. The molecule has 78 valence electrons. The molecule has 0 unspecified atom stereocenters. The van der Waals surface area contributed by atoms with Crippen molar-refractivity contribution in [3.8, 4) is 0 Å². The molecule has 2 aromatic rings. The molecule has 0 aliphatic carbocycles. The van der Waals surface area contributed by atoms with Gasteiger partial charge in [-0.3, -0.25) is 0 Å². The Morgan fingerprint density at radius 3 is 3.00 bits per heavy atom. The second-order valence-corrected chi connectivity index (χ2v) is 5.62. The average Bonchev–Trinajstić information content (AvgIpc) is 2.63. The van der Waals surface area contributed by atoms with Crippen molar-refractivity contribution < 1.29 is 0 Å². The van der Waals surface area contributed by atoms with E-state index in [1.165, 1.54) is 9.75 Å². The number of hydrogen-bond acceptors (Lipinski definition) is 4. The SMILES string of the molecule is Cc1ccc(CNc2ncncc2I)s1. The third-order valence-electron chi connectivity index (χ3n) is 1.89. The molecule has 0 amide bonds. The van der Waals surface area contributed by atoms with Gasteiger partial charge in [-0.25, -0.2) is 9.97 Å². The molecule has 15 heavy (non-hydrogen) atoms. The second kappa shape index (κ2) is 4.89. The van der Waals surface area contributed by atoms with Gasteiger partial charge in [-0.1, -0.05) is 0 Å². The van der Waals surface area contributed by atoms with Crippen LogP contribution in [-0.4, -0.2) is 9.97 Å². The van der Waals surface area contributed by atoms with E-state index in [4.69, 9.17) is 0 Å². The Balaban J connectivity index is 2.02. The summed E-state index contributed by atoms with van der Waals surface area (Å²) < 4.78 is 1.04. The number of halogens is 1. The first-order chi connectivity index (χ1) is 7.25. The van der Waals surface area contributed by atoms with Gasteiger partial charge in [0.25, 0.3) is 0 Å². The lowest BCUT2D eigenvalue weighted by Crippen LogP contribution is -2.01. The average molecular weight is 331 g/mol. The molecular formula is C10H10IN3S. The molecule has 0 saturated heterocycles. The van der Waals surface area contributed by atoms with E-state index in [2.05, 4.69) is 56.9 Å². The minimum atomic E-state index is 0.825. The maximum absolute atomic E-state index is 4.18. The van der Waals surface area contributed by atoms with Crippen LogP contribution >= 0.6 is 33.9 Å². The number of nitrogens with one attached hydrogen (secondary N) is 1. The Morgan fingerprint density at radius 2 is 2.33 bits per heavy atom. The smallest absolute Gasteiger partial charge is 0.143 e. The molecule has 2 heterocycles. The molecule has 2 aromatic heterocycles. The first kappa shape index (κ1) is 10.8. The molecule has 3 nitrogen and oxygen atoms in total. The van der Waals surface area contributed by atoms with Crippen molar-refractivity contribution in [2.24, 2.45) is 0 Å². The van der Waals surface area contributed by atoms with Crippen LogP contribution in [0, 0.1) is 10.5 Å². The van der Waals surface area contributed by atoms with E-state index >= 15 is 0 Å². The number of aromatic nitrogens is 2. The number of hydrogen-bond donors (Lipinski definition) is 1. The Labute approximate surface area is 106 Å². The fourth-order valence-electron chi connectivity index (χ4n) is 1.19. The molecule has 0 radical (unpaired) electrons. The lowest BCUT2D eigenvalue weighted by atomic mass is 10.4. The Kier molecular flexibility index (Phi) is 3.53. The van der Waals surface area contributed by atoms with Gasteiger partial charge < -0.3 is 5.32 Å². The lowest BCUT2D eigenvalue weighted by molar-refractivity contribution is 1.09. The molecule has 2 rings (SSSR count). The summed E-state index contributed by atoms with van der Waals surface area (Å²) in [6.07, 6.45) is 3.36. The fourth-order valence-corrected chi connectivity index (χ4v) is 2.51. The highest BCUT2D eigenvalue weighted by atomic mass is 127. The topological polar surface area (TPSA) is 37.8 Å². The van der Waals surface area contributed by atoms with E-state index in [1.807, 2.05) is 0 Å². The highest BCUT2D eigenvalue weighted by Crippen LogP contribution is 2.18. The zero-order chi connectivity index (χ0) is 10.7. The predicted octanol–water partition coefficient (Wildman–Crippen LogP) is 3.06. The monoisotopic (exact) mass is 331 g/mol. The molecule has 0 fully saturated rings. The van der Waals surface area contributed by atoms with Gasteiger partial charge in [-0.05, 0) is 41.6 Å². The van der Waals surface area contributed by atoms with Crippen LogP contribution in [0.4, 0.5) is 5.82 Å². The lowest BCUT2D eigenvalue weighted by Gasteiger charge is -2.04. The summed E-state index contributed by atoms with van der Waals surface area (Å²) in [6.45, 7) is 2.94. The molecule has 0 aliphatic heterocycles. The summed E-state index contributed by atoms with van der Waals surface area (Å²) in [5.74, 6) is 0.900. The zero-order valence-electron chi connectivity index (χ0n) is 8.20. The maximum atomic E-state index is 4.18. The Morgan fingerprint density at radius 1 is 1.47 bits per heavy atom. The summed E-state index contributed by atoms with van der Waals surface area (Å²) >= 11 is 4.03. The Bertz CT molecular complexity index is 455. The van der Waals surface area contributed by atoms with Gasteiger partial charge >= 0.3 is 0 Å². The summed E-state index contributed by atoms with van der Waals surface area (Å²) in [4.78, 5) is 10.8. The number of aryl methyl sites for hydroxylation is 1. The summed E-state index contributed by atoms with van der Waals surface area (Å²) in [5, 5.41) is 3.29. The van der Waals surface area contributed by atoms with Crippen LogP contribution in [0.5, 0.6) is 0 Å². The van der Waals surface area contributed by atoms with Crippen molar-refractivity contribution in [3.05, 3.63) is 38.0 Å². The van der Waals surface area contributed by atoms with Crippen LogP contribution in [0.2, 0.25) is 0 Å². The number of anilines is 1. The van der Waals surface area contributed by atoms with Crippen LogP contribution in [-0.2, 0) is 6.54 Å². The molecule has 1 N–H and O–H groups in total. The standard InChI is InChI=1S/C10H10IN3S/c1-7-2-3-8(15-7)4-13-10-9(11)5-12-6-14-10/h2-3,5-6H,4H2,1H3,(H,12,13,14). The van der Waals surface area contributed by atoms with Gasteiger partial charge in [0.05, 0.1) is 10.1 Å². The van der Waals surface area contributed by atoms with Gasteiger partial charge in [0.2, 0.25) is 0 Å². The van der Waals surface area contributed by atoms with Crippen LogP contribution in [0.25, 0.3) is 0 Å². The van der Waals surface area contributed by atoms with Gasteiger partial charge in [0.15, 0.2) is 0 Å². The highest BCUT2D eigenvalue weighted by molar-refractivity contribution is 14.1. The van der Waals surface area contributed by atoms with E-state index in [9.17, 15) is 0 Å². The molecule has 0 aromatic carbocycles. The van der Waals surface area contributed by atoms with Crippen LogP contribution in [0.3, 0.4) is 0 Å². The van der Waals surface area contributed by atoms with Crippen LogP contribution in [0.1, 0.15) is 9.75 Å². The first-order valence-corrected chi connectivity index (χ1v) is 6.40. The largest absolute Gasteiger partial charge is 0.364 e. The van der Waals surface area contributed by atoms with Gasteiger partial charge in [0, 0.05) is 16.0 Å². The second-order valence-electron chi connectivity index (χ2n) is 3.09. The number of thiophene rings is 1. The molecule has 0 spiro atoms. The maximum Gasteiger partial charge on any atom is 0.143 e. The quantitative estimate of drug-likeness (QED) is 0.879. The zero-order valence-corrected chi connectivity index (χ0v) is 11.2. The molecule has 5 heteroatoms. The van der Waals surface area contributed by atoms with Crippen molar-refractivity contribution in [3.63, 3.8) is 0 Å². The minimum absolute atomic E-state index is 0.825. The molecule has 0 aliphatic rings. The van der Waals surface area contributed by atoms with Gasteiger partial charge in [0.1, 0.15) is 12.1 Å². The molecule has 0 bridgehead atoms. The Hall–Kier alpha value is -0.690. The van der Waals surface area contributed by atoms with Crippen LogP contribution in [0.15, 0.2) is 24.7 Å². The van der Waals surface area contributed by atoms with E-state index in [1.54, 1.807) is 23.9 Å². The van der Waals surface area contributed by atoms with Crippen molar-refractivity contribution in [1.29, 1.82) is 0 Å². The summed E-state index contributed by atoms with van der Waals surface area (Å²) in [6, 6.07) is 4.27. The van der Waals surface area contributed by atoms with E-state index in [0.717, 1.165) is 15.9 Å². The highest BCUT2D eigenvalue weighted by Gasteiger charge is 2.01. The molecule has 0 atom stereocenters. The first-order valence-electron chi connectivity index (χ1n) is 4.50. The van der Waals surface area contributed by atoms with Crippen molar-refractivity contribution in [2.75, 3.05) is 5.32 Å². The normalized spacial score (nSPS) is 10.3. The summed E-state index contributed by atoms with van der Waals surface area (Å²) in [7, 11) is 0. The number of nitrogens with zero attached hydrogens (tertiary/aromatic N) is 2. The fraction of sp³-hybridized carbons (Fsp3) is 0.200. The molecular weight excluding hydrogens is 321 g/mol. The third-order valence-corrected chi connectivity index (χ3v) is 3.68. The van der Waals surface area contributed by atoms with E-state index in [0.29, 0.717) is 0 Å². The summed E-state index contributed by atoms with van der Waals surface area (Å²) in [5.41, 5.74) is 0. The van der Waals surface area contributed by atoms with Crippen molar-refractivity contribution in [2.45, 2.75) is 13.5 Å². The van der Waals surface area contributed by atoms with Crippen molar-refractivity contribution in [1.82, 2.24) is 9.97 Å². The number of rotatable bonds is 3. The molecule has 0 saturated carbocycles. The van der Waals surface area contributed by atoms with E-state index in [-0.39, 0.29) is 0 Å².